The van der Waals surface area contributed by atoms with E-state index >= 15 is 0 Å². The number of sulfone groups is 1. The molecule has 1 amide bonds. The van der Waals surface area contributed by atoms with Crippen LogP contribution in [0, 0.1) is 0 Å². The SMILES string of the molecule is O=C1COCC(CO)N1C1CCS(=O)(=O)C1. The van der Waals surface area contributed by atoms with Crippen molar-refractivity contribution in [1.29, 1.82) is 0 Å². The number of rotatable bonds is 2. The van der Waals surface area contributed by atoms with E-state index in [1.807, 2.05) is 0 Å². The van der Waals surface area contributed by atoms with Crippen molar-refractivity contribution in [2.24, 2.45) is 0 Å². The molecule has 0 radical (unpaired) electrons. The Morgan fingerprint density at radius 1 is 1.50 bits per heavy atom. The molecule has 16 heavy (non-hydrogen) atoms. The number of hydrogen-bond donors (Lipinski definition) is 1. The Morgan fingerprint density at radius 3 is 2.81 bits per heavy atom. The summed E-state index contributed by atoms with van der Waals surface area (Å²) in [6, 6.07) is -0.696. The summed E-state index contributed by atoms with van der Waals surface area (Å²) >= 11 is 0. The first kappa shape index (κ1) is 11.8. The molecule has 0 saturated carbocycles. The molecule has 0 spiro atoms. The lowest BCUT2D eigenvalue weighted by atomic mass is 10.1. The maximum atomic E-state index is 11.7. The van der Waals surface area contributed by atoms with Crippen molar-refractivity contribution >= 4 is 15.7 Å². The van der Waals surface area contributed by atoms with Crippen LogP contribution in [-0.4, -0.2) is 67.7 Å². The number of ether oxygens (including phenoxy) is 1. The molecular formula is C9H15NO5S. The van der Waals surface area contributed by atoms with Gasteiger partial charge >= 0.3 is 0 Å². The molecule has 6 nitrogen and oxygen atoms in total. The molecule has 0 aromatic rings. The van der Waals surface area contributed by atoms with Gasteiger partial charge in [-0.2, -0.15) is 0 Å². The van der Waals surface area contributed by atoms with Gasteiger partial charge in [-0.15, -0.1) is 0 Å². The van der Waals surface area contributed by atoms with Crippen molar-refractivity contribution in [2.45, 2.75) is 18.5 Å². The van der Waals surface area contributed by atoms with Gasteiger partial charge in [0.2, 0.25) is 5.91 Å². The summed E-state index contributed by atoms with van der Waals surface area (Å²) in [6.07, 6.45) is 0.463. The fraction of sp³-hybridized carbons (Fsp3) is 0.889. The van der Waals surface area contributed by atoms with Crippen molar-refractivity contribution in [2.75, 3.05) is 31.3 Å². The highest BCUT2D eigenvalue weighted by Crippen LogP contribution is 2.22. The Balaban J connectivity index is 2.14. The quantitative estimate of drug-likeness (QED) is 0.637. The normalized spacial score (nSPS) is 34.3. The van der Waals surface area contributed by atoms with Crippen LogP contribution in [0.5, 0.6) is 0 Å². The van der Waals surface area contributed by atoms with Crippen LogP contribution in [0.4, 0.5) is 0 Å². The van der Waals surface area contributed by atoms with Gasteiger partial charge in [0.15, 0.2) is 9.84 Å². The predicted octanol–water partition coefficient (Wildman–Crippen LogP) is -1.61. The van der Waals surface area contributed by atoms with Crippen molar-refractivity contribution in [3.63, 3.8) is 0 Å². The Hall–Kier alpha value is -0.660. The van der Waals surface area contributed by atoms with E-state index in [9.17, 15) is 13.2 Å². The summed E-state index contributed by atoms with van der Waals surface area (Å²) in [5.41, 5.74) is 0. The second-order valence-electron chi connectivity index (χ2n) is 4.21. The molecule has 2 aliphatic rings. The first-order chi connectivity index (χ1) is 7.53. The van der Waals surface area contributed by atoms with Crippen LogP contribution in [0.2, 0.25) is 0 Å². The Labute approximate surface area is 94.1 Å². The average Bonchev–Trinajstić information content (AvgIpc) is 2.58. The number of aliphatic hydroxyl groups excluding tert-OH is 1. The third-order valence-electron chi connectivity index (χ3n) is 3.03. The highest BCUT2D eigenvalue weighted by atomic mass is 32.2. The highest BCUT2D eigenvalue weighted by molar-refractivity contribution is 7.91. The summed E-state index contributed by atoms with van der Waals surface area (Å²) < 4.78 is 27.7. The molecule has 2 atom stereocenters. The molecule has 2 heterocycles. The first-order valence-corrected chi connectivity index (χ1v) is 7.06. The monoisotopic (exact) mass is 249 g/mol. The van der Waals surface area contributed by atoms with E-state index in [4.69, 9.17) is 9.84 Å². The van der Waals surface area contributed by atoms with Crippen molar-refractivity contribution < 1.29 is 23.1 Å². The lowest BCUT2D eigenvalue weighted by Crippen LogP contribution is -2.56. The smallest absolute Gasteiger partial charge is 0.249 e. The van der Waals surface area contributed by atoms with Gasteiger partial charge in [0.25, 0.3) is 0 Å². The van der Waals surface area contributed by atoms with Gasteiger partial charge in [-0.05, 0) is 6.42 Å². The zero-order valence-corrected chi connectivity index (χ0v) is 9.65. The molecule has 0 bridgehead atoms. The molecule has 0 aromatic heterocycles. The van der Waals surface area contributed by atoms with Crippen molar-refractivity contribution in [1.82, 2.24) is 4.90 Å². The molecular weight excluding hydrogens is 234 g/mol. The van der Waals surface area contributed by atoms with E-state index in [1.165, 1.54) is 4.90 Å². The minimum absolute atomic E-state index is 0.00917. The number of carbonyl (C=O) groups is 1. The summed E-state index contributed by atoms with van der Waals surface area (Å²) in [7, 11) is -3.02. The minimum Gasteiger partial charge on any atom is -0.394 e. The minimum atomic E-state index is -3.02. The van der Waals surface area contributed by atoms with Crippen LogP contribution in [0.15, 0.2) is 0 Å². The fourth-order valence-electron chi connectivity index (χ4n) is 2.28. The molecule has 92 valence electrons. The Morgan fingerprint density at radius 2 is 2.25 bits per heavy atom. The van der Waals surface area contributed by atoms with Gasteiger partial charge in [0.1, 0.15) is 6.61 Å². The molecule has 2 saturated heterocycles. The van der Waals surface area contributed by atoms with Crippen LogP contribution in [-0.2, 0) is 19.4 Å². The van der Waals surface area contributed by atoms with Gasteiger partial charge in [-0.1, -0.05) is 0 Å². The van der Waals surface area contributed by atoms with Gasteiger partial charge in [0, 0.05) is 6.04 Å². The second-order valence-corrected chi connectivity index (χ2v) is 6.44. The van der Waals surface area contributed by atoms with Crippen LogP contribution in [0.1, 0.15) is 6.42 Å². The van der Waals surface area contributed by atoms with E-state index < -0.39 is 15.9 Å². The number of amides is 1. The topological polar surface area (TPSA) is 83.9 Å². The molecule has 7 heteroatoms. The number of nitrogens with zero attached hydrogens (tertiary/aromatic N) is 1. The largest absolute Gasteiger partial charge is 0.394 e. The Kier molecular flexibility index (Phi) is 3.18. The number of aliphatic hydroxyl groups is 1. The second kappa shape index (κ2) is 4.31. The number of carbonyl (C=O) groups excluding carboxylic acids is 1. The van der Waals surface area contributed by atoms with Gasteiger partial charge < -0.3 is 14.7 Å². The van der Waals surface area contributed by atoms with E-state index in [0.717, 1.165) is 0 Å². The van der Waals surface area contributed by atoms with Crippen molar-refractivity contribution in [3.05, 3.63) is 0 Å². The summed E-state index contributed by atoms with van der Waals surface area (Å²) in [6.45, 7) is 0.0636. The fourth-order valence-corrected chi connectivity index (χ4v) is 3.99. The highest BCUT2D eigenvalue weighted by Gasteiger charge is 2.39. The maximum absolute atomic E-state index is 11.7. The van der Waals surface area contributed by atoms with Crippen LogP contribution >= 0.6 is 0 Å². The summed E-state index contributed by atoms with van der Waals surface area (Å²) in [5, 5.41) is 9.15. The average molecular weight is 249 g/mol. The summed E-state index contributed by atoms with van der Waals surface area (Å²) in [4.78, 5) is 13.2. The predicted molar refractivity (Wildman–Crippen MR) is 55.6 cm³/mol. The molecule has 0 aliphatic carbocycles. The van der Waals surface area contributed by atoms with Crippen molar-refractivity contribution in [3.8, 4) is 0 Å². The standard InChI is InChI=1S/C9H15NO5S/c11-3-8-4-15-5-9(12)10(8)7-1-2-16(13,14)6-7/h7-8,11H,1-6H2. The van der Waals surface area contributed by atoms with Crippen LogP contribution in [0.25, 0.3) is 0 Å². The lowest BCUT2D eigenvalue weighted by Gasteiger charge is -2.38. The molecule has 2 aliphatic heterocycles. The Bertz CT molecular complexity index is 379. The lowest BCUT2D eigenvalue weighted by molar-refractivity contribution is -0.153. The van der Waals surface area contributed by atoms with Crippen LogP contribution < -0.4 is 0 Å². The van der Waals surface area contributed by atoms with Crippen LogP contribution in [0.3, 0.4) is 0 Å². The molecule has 1 N–H and O–H groups in total. The number of morpholine rings is 1. The zero-order valence-electron chi connectivity index (χ0n) is 8.83. The van der Waals surface area contributed by atoms with E-state index in [-0.39, 0.29) is 43.3 Å². The van der Waals surface area contributed by atoms with Gasteiger partial charge in [0.05, 0.1) is 30.8 Å². The van der Waals surface area contributed by atoms with E-state index in [0.29, 0.717) is 6.42 Å². The molecule has 2 fully saturated rings. The third-order valence-corrected chi connectivity index (χ3v) is 4.78. The molecule has 2 rings (SSSR count). The van der Waals surface area contributed by atoms with Gasteiger partial charge in [-0.25, -0.2) is 8.42 Å². The maximum Gasteiger partial charge on any atom is 0.249 e. The third kappa shape index (κ3) is 2.21. The molecule has 2 unspecified atom stereocenters. The van der Waals surface area contributed by atoms with E-state index in [1.54, 1.807) is 0 Å². The molecule has 0 aromatic carbocycles. The zero-order chi connectivity index (χ0) is 11.8. The van der Waals surface area contributed by atoms with Gasteiger partial charge in [-0.3, -0.25) is 4.79 Å². The number of hydrogen-bond acceptors (Lipinski definition) is 5. The summed E-state index contributed by atoms with van der Waals surface area (Å²) in [5.74, 6) is -0.0946. The first-order valence-electron chi connectivity index (χ1n) is 5.23. The van der Waals surface area contributed by atoms with E-state index in [2.05, 4.69) is 0 Å².